The molecule has 2 N–H and O–H groups in total. The van der Waals surface area contributed by atoms with Gasteiger partial charge in [-0.15, -0.1) is 0 Å². The Hall–Kier alpha value is -3.24. The highest BCUT2D eigenvalue weighted by atomic mass is 32.2. The number of rotatable bonds is 7. The van der Waals surface area contributed by atoms with Gasteiger partial charge in [-0.25, -0.2) is 13.1 Å². The lowest BCUT2D eigenvalue weighted by Gasteiger charge is -2.41. The molecule has 0 radical (unpaired) electrons. The number of para-hydroxylation sites is 2. The van der Waals surface area contributed by atoms with E-state index < -0.39 is 34.0 Å². The summed E-state index contributed by atoms with van der Waals surface area (Å²) in [6.07, 6.45) is -0.251. The molecule has 0 aliphatic carbocycles. The fourth-order valence-corrected chi connectivity index (χ4v) is 4.30. The van der Waals surface area contributed by atoms with E-state index >= 15 is 0 Å². The van der Waals surface area contributed by atoms with E-state index in [-0.39, 0.29) is 23.8 Å². The number of nitrogens with zero attached hydrogens (tertiary/aromatic N) is 1. The third-order valence-electron chi connectivity index (χ3n) is 5.07. The van der Waals surface area contributed by atoms with Crippen LogP contribution in [0.15, 0.2) is 53.4 Å². The second kappa shape index (κ2) is 9.09. The van der Waals surface area contributed by atoms with Gasteiger partial charge < -0.3 is 10.1 Å². The molecule has 2 aromatic rings. The minimum absolute atomic E-state index is 0.0934. The van der Waals surface area contributed by atoms with E-state index in [0.29, 0.717) is 11.4 Å². The van der Waals surface area contributed by atoms with E-state index in [2.05, 4.69) is 10.0 Å². The van der Waals surface area contributed by atoms with Crippen molar-refractivity contribution in [2.45, 2.75) is 37.6 Å². The highest BCUT2D eigenvalue weighted by Crippen LogP contribution is 2.36. The van der Waals surface area contributed by atoms with Gasteiger partial charge in [-0.05, 0) is 45.0 Å². The maximum Gasteiger partial charge on any atom is 0.307 e. The molecule has 1 aliphatic rings. The van der Waals surface area contributed by atoms with Crippen LogP contribution in [0, 0.1) is 6.92 Å². The summed E-state index contributed by atoms with van der Waals surface area (Å²) in [7, 11) is -3.75. The zero-order chi connectivity index (χ0) is 23.5. The molecule has 9 nitrogen and oxygen atoms in total. The topological polar surface area (TPSA) is 122 Å². The maximum absolute atomic E-state index is 12.8. The molecule has 2 amide bonds. The molecule has 0 spiro atoms. The molecule has 0 aromatic heterocycles. The van der Waals surface area contributed by atoms with Gasteiger partial charge in [0.15, 0.2) is 6.61 Å². The van der Waals surface area contributed by atoms with Crippen molar-refractivity contribution >= 4 is 39.2 Å². The molecule has 0 saturated heterocycles. The van der Waals surface area contributed by atoms with E-state index in [4.69, 9.17) is 4.74 Å². The van der Waals surface area contributed by atoms with Crippen LogP contribution in [0.2, 0.25) is 0 Å². The highest BCUT2D eigenvalue weighted by Gasteiger charge is 2.43. The van der Waals surface area contributed by atoms with Gasteiger partial charge >= 0.3 is 5.97 Å². The maximum atomic E-state index is 12.8. The van der Waals surface area contributed by atoms with Gasteiger partial charge in [0.25, 0.3) is 5.91 Å². The smallest absolute Gasteiger partial charge is 0.307 e. The number of amides is 2. The van der Waals surface area contributed by atoms with Crippen molar-refractivity contribution in [3.63, 3.8) is 0 Å². The lowest BCUT2D eigenvalue weighted by atomic mass is 9.96. The first kappa shape index (κ1) is 23.4. The molecular formula is C22H25N3O6S. The number of benzene rings is 2. The summed E-state index contributed by atoms with van der Waals surface area (Å²) in [6, 6.07) is 13.1. The summed E-state index contributed by atoms with van der Waals surface area (Å²) in [5.74, 6) is -1.66. The second-order valence-electron chi connectivity index (χ2n) is 7.88. The van der Waals surface area contributed by atoms with Crippen LogP contribution in [-0.4, -0.2) is 44.9 Å². The molecule has 0 fully saturated rings. The van der Waals surface area contributed by atoms with E-state index in [1.807, 2.05) is 6.92 Å². The van der Waals surface area contributed by atoms with Gasteiger partial charge in [0.2, 0.25) is 15.9 Å². The Morgan fingerprint density at radius 2 is 1.75 bits per heavy atom. The molecule has 2 aromatic carbocycles. The van der Waals surface area contributed by atoms with Crippen molar-refractivity contribution in [3.05, 3.63) is 54.1 Å². The van der Waals surface area contributed by atoms with Crippen molar-refractivity contribution in [2.75, 3.05) is 23.4 Å². The quantitative estimate of drug-likeness (QED) is 0.611. The third kappa shape index (κ3) is 4.97. The molecule has 1 aliphatic heterocycles. The van der Waals surface area contributed by atoms with E-state index in [9.17, 15) is 22.8 Å². The number of sulfonamides is 1. The summed E-state index contributed by atoms with van der Waals surface area (Å²) >= 11 is 0. The number of hydrogen-bond donors (Lipinski definition) is 2. The average molecular weight is 460 g/mol. The monoisotopic (exact) mass is 459 g/mol. The molecule has 0 bridgehead atoms. The van der Waals surface area contributed by atoms with Crippen LogP contribution in [0.5, 0.6) is 0 Å². The van der Waals surface area contributed by atoms with Gasteiger partial charge in [0.1, 0.15) is 5.54 Å². The normalized spacial score (nSPS) is 15.0. The van der Waals surface area contributed by atoms with Crippen LogP contribution >= 0.6 is 0 Å². The number of anilines is 2. The first-order valence-electron chi connectivity index (χ1n) is 9.98. The summed E-state index contributed by atoms with van der Waals surface area (Å²) < 4.78 is 31.9. The van der Waals surface area contributed by atoms with Crippen LogP contribution < -0.4 is 14.9 Å². The predicted molar refractivity (Wildman–Crippen MR) is 119 cm³/mol. The van der Waals surface area contributed by atoms with Crippen molar-refractivity contribution < 1.29 is 27.5 Å². The number of ether oxygens (including phenoxy) is 1. The number of esters is 1. The van der Waals surface area contributed by atoms with E-state index in [1.54, 1.807) is 50.2 Å². The summed E-state index contributed by atoms with van der Waals surface area (Å²) in [4.78, 5) is 38.7. The minimum atomic E-state index is -3.75. The number of nitrogens with one attached hydrogen (secondary N) is 2. The van der Waals surface area contributed by atoms with Gasteiger partial charge in [-0.3, -0.25) is 19.3 Å². The van der Waals surface area contributed by atoms with Crippen molar-refractivity contribution in [3.8, 4) is 0 Å². The van der Waals surface area contributed by atoms with Crippen LogP contribution in [0.3, 0.4) is 0 Å². The van der Waals surface area contributed by atoms with Gasteiger partial charge in [-0.1, -0.05) is 29.8 Å². The molecule has 3 rings (SSSR count). The SMILES string of the molecule is Cc1ccc(S(=O)(=O)NCCC(=O)OCC(=O)N2c3ccccc3NC(=O)C2(C)C)cc1. The highest BCUT2D eigenvalue weighted by molar-refractivity contribution is 7.89. The van der Waals surface area contributed by atoms with Crippen LogP contribution in [0.25, 0.3) is 0 Å². The molecule has 1 heterocycles. The first-order valence-corrected chi connectivity index (χ1v) is 11.5. The summed E-state index contributed by atoms with van der Waals surface area (Å²) in [5, 5.41) is 2.75. The number of hydrogen-bond acceptors (Lipinski definition) is 6. The van der Waals surface area contributed by atoms with E-state index in [0.717, 1.165) is 5.56 Å². The van der Waals surface area contributed by atoms with Crippen molar-refractivity contribution in [2.24, 2.45) is 0 Å². The van der Waals surface area contributed by atoms with Crippen LogP contribution in [0.4, 0.5) is 11.4 Å². The Balaban J connectivity index is 1.56. The lowest BCUT2D eigenvalue weighted by molar-refractivity contribution is -0.148. The number of carbonyl (C=O) groups is 3. The summed E-state index contributed by atoms with van der Waals surface area (Å²) in [5.41, 5.74) is 0.738. The fourth-order valence-electron chi connectivity index (χ4n) is 3.27. The second-order valence-corrected chi connectivity index (χ2v) is 9.65. The number of aryl methyl sites for hydroxylation is 1. The van der Waals surface area contributed by atoms with Gasteiger partial charge in [0.05, 0.1) is 22.7 Å². The van der Waals surface area contributed by atoms with E-state index in [1.165, 1.54) is 17.0 Å². The molecular weight excluding hydrogens is 434 g/mol. The Morgan fingerprint density at radius 1 is 1.09 bits per heavy atom. The Bertz CT molecular complexity index is 1140. The zero-order valence-electron chi connectivity index (χ0n) is 18.0. The number of fused-ring (bicyclic) bond motifs is 1. The molecule has 0 unspecified atom stereocenters. The Labute approximate surface area is 186 Å². The largest absolute Gasteiger partial charge is 0.456 e. The molecule has 0 saturated carbocycles. The van der Waals surface area contributed by atoms with Crippen molar-refractivity contribution in [1.82, 2.24) is 4.72 Å². The van der Waals surface area contributed by atoms with Crippen LogP contribution in [0.1, 0.15) is 25.8 Å². The Kier molecular flexibility index (Phi) is 6.65. The number of carbonyl (C=O) groups excluding carboxylic acids is 3. The predicted octanol–water partition coefficient (Wildman–Crippen LogP) is 1.97. The van der Waals surface area contributed by atoms with Gasteiger partial charge in [0, 0.05) is 6.54 Å². The average Bonchev–Trinajstić information content (AvgIpc) is 2.73. The van der Waals surface area contributed by atoms with Crippen molar-refractivity contribution in [1.29, 1.82) is 0 Å². The minimum Gasteiger partial charge on any atom is -0.456 e. The zero-order valence-corrected chi connectivity index (χ0v) is 18.9. The summed E-state index contributed by atoms with van der Waals surface area (Å²) in [6.45, 7) is 4.28. The Morgan fingerprint density at radius 3 is 2.44 bits per heavy atom. The molecule has 32 heavy (non-hydrogen) atoms. The third-order valence-corrected chi connectivity index (χ3v) is 6.54. The molecule has 10 heteroatoms. The lowest BCUT2D eigenvalue weighted by Crippen LogP contribution is -2.59. The molecule has 170 valence electrons. The van der Waals surface area contributed by atoms with Crippen LogP contribution in [-0.2, 0) is 29.1 Å². The first-order chi connectivity index (χ1) is 15.0. The molecule has 0 atom stereocenters. The standard InChI is InChI=1S/C22H25N3O6S/c1-15-8-10-16(11-9-15)32(29,30)23-13-12-20(27)31-14-19(26)25-18-7-5-4-6-17(18)24-21(28)22(25,2)3/h4-11,23H,12-14H2,1-3H3,(H,24,28). The van der Waals surface area contributed by atoms with Gasteiger partial charge in [-0.2, -0.15) is 0 Å². The fraction of sp³-hybridized carbons (Fsp3) is 0.318.